The number of halogens is 2. The van der Waals surface area contributed by atoms with E-state index in [1.165, 1.54) is 44.2 Å². The lowest BCUT2D eigenvalue weighted by Gasteiger charge is -2.58. The normalized spacial score (nSPS) is 35.5. The molecule has 0 radical (unpaired) electrons. The molecule has 3 rings (SSSR count). The Morgan fingerprint density at radius 2 is 1.82 bits per heavy atom. The van der Waals surface area contributed by atoms with E-state index in [2.05, 4.69) is 6.92 Å². The van der Waals surface area contributed by atoms with Gasteiger partial charge in [-0.05, 0) is 60.6 Å². The van der Waals surface area contributed by atoms with Gasteiger partial charge in [-0.1, -0.05) is 19.4 Å². The van der Waals surface area contributed by atoms with E-state index in [4.69, 9.17) is 0 Å². The first-order chi connectivity index (χ1) is 8.12. The van der Waals surface area contributed by atoms with Crippen LogP contribution in [0.1, 0.15) is 50.5 Å². The van der Waals surface area contributed by atoms with Gasteiger partial charge in [0.2, 0.25) is 0 Å². The molecule has 92 valence electrons. The number of hydrogen-bond acceptors (Lipinski definition) is 0. The van der Waals surface area contributed by atoms with E-state index in [9.17, 15) is 8.78 Å². The summed E-state index contributed by atoms with van der Waals surface area (Å²) in [7, 11) is 0. The first kappa shape index (κ1) is 11.2. The minimum absolute atomic E-state index is 0.461. The highest BCUT2D eigenvalue weighted by Crippen LogP contribution is 2.64. The summed E-state index contributed by atoms with van der Waals surface area (Å²) in [4.78, 5) is 0. The van der Waals surface area contributed by atoms with Crippen molar-refractivity contribution in [2.24, 2.45) is 11.3 Å². The van der Waals surface area contributed by atoms with Gasteiger partial charge in [0.15, 0.2) is 11.6 Å². The van der Waals surface area contributed by atoms with Crippen LogP contribution in [0.5, 0.6) is 0 Å². The third kappa shape index (κ3) is 1.78. The van der Waals surface area contributed by atoms with Gasteiger partial charge in [-0.15, -0.1) is 0 Å². The number of benzene rings is 1. The number of hydrogen-bond donors (Lipinski definition) is 0. The van der Waals surface area contributed by atoms with Crippen molar-refractivity contribution in [2.45, 2.75) is 44.9 Å². The van der Waals surface area contributed by atoms with E-state index >= 15 is 0 Å². The maximum absolute atomic E-state index is 13.1. The molecule has 0 amide bonds. The van der Waals surface area contributed by atoms with Crippen LogP contribution in [0.15, 0.2) is 18.2 Å². The van der Waals surface area contributed by atoms with E-state index < -0.39 is 11.6 Å². The highest BCUT2D eigenvalue weighted by Gasteiger charge is 2.52. The molecule has 0 heterocycles. The van der Waals surface area contributed by atoms with Crippen molar-refractivity contribution in [1.29, 1.82) is 0 Å². The maximum Gasteiger partial charge on any atom is 0.159 e. The van der Waals surface area contributed by atoms with Crippen LogP contribution in [-0.2, 0) is 0 Å². The minimum Gasteiger partial charge on any atom is -0.204 e. The van der Waals surface area contributed by atoms with Crippen molar-refractivity contribution in [1.82, 2.24) is 0 Å². The molecule has 2 aliphatic rings. The predicted molar refractivity (Wildman–Crippen MR) is 63.8 cm³/mol. The Bertz CT molecular complexity index is 425. The van der Waals surface area contributed by atoms with Crippen LogP contribution >= 0.6 is 0 Å². The van der Waals surface area contributed by atoms with Gasteiger partial charge in [-0.2, -0.15) is 0 Å². The fourth-order valence-corrected chi connectivity index (χ4v) is 3.77. The molecule has 0 bridgehead atoms. The second-order valence-corrected chi connectivity index (χ2v) is 5.96. The highest BCUT2D eigenvalue weighted by atomic mass is 19.2. The molecular formula is C15H18F2. The van der Waals surface area contributed by atoms with E-state index in [1.54, 1.807) is 6.07 Å². The Labute approximate surface area is 101 Å². The zero-order valence-electron chi connectivity index (χ0n) is 10.2. The quantitative estimate of drug-likeness (QED) is 0.701. The van der Waals surface area contributed by atoms with Crippen LogP contribution in [0.3, 0.4) is 0 Å². The zero-order valence-corrected chi connectivity index (χ0v) is 10.2. The third-order valence-corrected chi connectivity index (χ3v) is 4.79. The standard InChI is InChI=1S/C15H18F2/c1-2-10-6-15(7-10)8-12(9-15)11-3-4-13(16)14(17)5-11/h3-5,10,12H,2,6-9H2,1H3. The van der Waals surface area contributed by atoms with Crippen LogP contribution in [0.2, 0.25) is 0 Å². The monoisotopic (exact) mass is 236 g/mol. The van der Waals surface area contributed by atoms with Crippen molar-refractivity contribution < 1.29 is 8.78 Å². The summed E-state index contributed by atoms with van der Waals surface area (Å²) < 4.78 is 26.0. The van der Waals surface area contributed by atoms with Gasteiger partial charge in [0.1, 0.15) is 0 Å². The maximum atomic E-state index is 13.1. The van der Waals surface area contributed by atoms with Crippen LogP contribution in [0.4, 0.5) is 8.78 Å². The summed E-state index contributed by atoms with van der Waals surface area (Å²) in [6.45, 7) is 2.25. The first-order valence-electron chi connectivity index (χ1n) is 6.57. The summed E-state index contributed by atoms with van der Waals surface area (Å²) in [5.74, 6) is -0.0650. The molecule has 2 saturated carbocycles. The summed E-state index contributed by atoms with van der Waals surface area (Å²) in [5, 5.41) is 0. The molecule has 0 unspecified atom stereocenters. The Balaban J connectivity index is 1.64. The molecule has 1 aromatic rings. The van der Waals surface area contributed by atoms with Gasteiger partial charge >= 0.3 is 0 Å². The number of rotatable bonds is 2. The van der Waals surface area contributed by atoms with E-state index in [1.807, 2.05) is 0 Å². The molecule has 2 fully saturated rings. The van der Waals surface area contributed by atoms with Crippen molar-refractivity contribution >= 4 is 0 Å². The minimum atomic E-state index is -0.738. The Hall–Kier alpha value is -0.920. The summed E-state index contributed by atoms with van der Waals surface area (Å²) in [6.07, 6.45) is 6.34. The first-order valence-corrected chi connectivity index (χ1v) is 6.57. The van der Waals surface area contributed by atoms with Crippen LogP contribution in [-0.4, -0.2) is 0 Å². The van der Waals surface area contributed by atoms with Gasteiger partial charge in [0, 0.05) is 0 Å². The van der Waals surface area contributed by atoms with E-state index in [-0.39, 0.29) is 0 Å². The zero-order chi connectivity index (χ0) is 12.0. The van der Waals surface area contributed by atoms with Crippen LogP contribution in [0.25, 0.3) is 0 Å². The van der Waals surface area contributed by atoms with Gasteiger partial charge < -0.3 is 0 Å². The average Bonchev–Trinajstić information content (AvgIpc) is 2.19. The Morgan fingerprint density at radius 3 is 2.41 bits per heavy atom. The molecule has 0 aromatic heterocycles. The molecule has 0 N–H and O–H groups in total. The van der Waals surface area contributed by atoms with Crippen molar-refractivity contribution in [3.63, 3.8) is 0 Å². The Kier molecular flexibility index (Phi) is 2.49. The van der Waals surface area contributed by atoms with Crippen molar-refractivity contribution in [3.8, 4) is 0 Å². The molecule has 0 saturated heterocycles. The van der Waals surface area contributed by atoms with Crippen molar-refractivity contribution in [2.75, 3.05) is 0 Å². The molecule has 1 aromatic carbocycles. The molecule has 17 heavy (non-hydrogen) atoms. The lowest BCUT2D eigenvalue weighted by atomic mass is 9.47. The topological polar surface area (TPSA) is 0 Å². The molecule has 0 aliphatic heterocycles. The van der Waals surface area contributed by atoms with Crippen LogP contribution < -0.4 is 0 Å². The van der Waals surface area contributed by atoms with Gasteiger partial charge in [-0.3, -0.25) is 0 Å². The van der Waals surface area contributed by atoms with E-state index in [0.29, 0.717) is 11.3 Å². The third-order valence-electron chi connectivity index (χ3n) is 4.79. The molecule has 2 aliphatic carbocycles. The Morgan fingerprint density at radius 1 is 1.12 bits per heavy atom. The van der Waals surface area contributed by atoms with Crippen molar-refractivity contribution in [3.05, 3.63) is 35.4 Å². The molecule has 0 atom stereocenters. The van der Waals surface area contributed by atoms with Gasteiger partial charge in [0.05, 0.1) is 0 Å². The summed E-state index contributed by atoms with van der Waals surface area (Å²) in [6, 6.07) is 4.38. The largest absolute Gasteiger partial charge is 0.204 e. The second kappa shape index (κ2) is 3.79. The van der Waals surface area contributed by atoms with E-state index in [0.717, 1.165) is 11.5 Å². The summed E-state index contributed by atoms with van der Waals surface area (Å²) in [5.41, 5.74) is 1.55. The fourth-order valence-electron chi connectivity index (χ4n) is 3.77. The van der Waals surface area contributed by atoms with Gasteiger partial charge in [0.25, 0.3) is 0 Å². The van der Waals surface area contributed by atoms with Gasteiger partial charge in [-0.25, -0.2) is 8.78 Å². The smallest absolute Gasteiger partial charge is 0.159 e. The second-order valence-electron chi connectivity index (χ2n) is 5.96. The SMILES string of the molecule is CCC1CC2(C1)CC(c1ccc(F)c(F)c1)C2. The average molecular weight is 236 g/mol. The molecular weight excluding hydrogens is 218 g/mol. The highest BCUT2D eigenvalue weighted by molar-refractivity contribution is 5.26. The van der Waals surface area contributed by atoms with Crippen LogP contribution in [0, 0.1) is 23.0 Å². The molecule has 2 heteroatoms. The lowest BCUT2D eigenvalue weighted by Crippen LogP contribution is -2.46. The lowest BCUT2D eigenvalue weighted by molar-refractivity contribution is -0.0427. The molecule has 1 spiro atoms. The predicted octanol–water partition coefficient (Wildman–Crippen LogP) is 4.65. The molecule has 0 nitrogen and oxygen atoms in total. The fraction of sp³-hybridized carbons (Fsp3) is 0.600. The summed E-state index contributed by atoms with van der Waals surface area (Å²) >= 11 is 0.